The molecule has 3 atom stereocenters. The van der Waals surface area contributed by atoms with E-state index in [9.17, 15) is 9.59 Å². The Balaban J connectivity index is 2.36. The summed E-state index contributed by atoms with van der Waals surface area (Å²) in [5.41, 5.74) is 0. The predicted octanol–water partition coefficient (Wildman–Crippen LogP) is 1.21. The molecule has 6 heteroatoms. The van der Waals surface area contributed by atoms with Crippen LogP contribution in [-0.4, -0.2) is 42.4 Å². The zero-order valence-corrected chi connectivity index (χ0v) is 11.8. The second kappa shape index (κ2) is 7.33. The van der Waals surface area contributed by atoms with Gasteiger partial charge in [0.25, 0.3) is 0 Å². The maximum atomic E-state index is 11.7. The molecular weight excluding hydrogens is 248 g/mol. The van der Waals surface area contributed by atoms with Gasteiger partial charge in [0.1, 0.15) is 6.04 Å². The third-order valence-corrected chi connectivity index (χ3v) is 3.49. The van der Waals surface area contributed by atoms with Gasteiger partial charge in [-0.15, -0.1) is 0 Å². The number of hydrogen-bond donors (Lipinski definition) is 3. The van der Waals surface area contributed by atoms with Gasteiger partial charge >= 0.3 is 12.0 Å². The molecule has 0 saturated carbocycles. The van der Waals surface area contributed by atoms with Gasteiger partial charge in [-0.2, -0.15) is 0 Å². The lowest BCUT2D eigenvalue weighted by Crippen LogP contribution is -2.49. The Morgan fingerprint density at radius 3 is 2.63 bits per heavy atom. The van der Waals surface area contributed by atoms with Crippen LogP contribution in [0.4, 0.5) is 4.79 Å². The molecule has 1 saturated heterocycles. The number of urea groups is 1. The number of carboxylic acids is 1. The second-order valence-corrected chi connectivity index (χ2v) is 5.28. The summed E-state index contributed by atoms with van der Waals surface area (Å²) in [6.07, 6.45) is 2.06. The van der Waals surface area contributed by atoms with Gasteiger partial charge in [-0.05, 0) is 18.8 Å². The van der Waals surface area contributed by atoms with Crippen molar-refractivity contribution in [3.8, 4) is 0 Å². The lowest BCUT2D eigenvalue weighted by Gasteiger charge is -2.20. The van der Waals surface area contributed by atoms with Gasteiger partial charge < -0.3 is 20.5 Å². The van der Waals surface area contributed by atoms with Gasteiger partial charge in [-0.1, -0.05) is 20.8 Å². The minimum atomic E-state index is -1.01. The lowest BCUT2D eigenvalue weighted by molar-refractivity contribution is -0.140. The first-order chi connectivity index (χ1) is 8.95. The van der Waals surface area contributed by atoms with Gasteiger partial charge in [-0.25, -0.2) is 9.59 Å². The highest BCUT2D eigenvalue weighted by molar-refractivity contribution is 5.82. The summed E-state index contributed by atoms with van der Waals surface area (Å²) < 4.78 is 5.54. The maximum Gasteiger partial charge on any atom is 0.326 e. The fourth-order valence-corrected chi connectivity index (χ4v) is 2.31. The number of carboxylic acid groups (broad SMARTS) is 1. The highest BCUT2D eigenvalue weighted by atomic mass is 16.5. The molecular formula is C13H24N2O4. The fourth-order valence-electron chi connectivity index (χ4n) is 2.31. The molecule has 110 valence electrons. The van der Waals surface area contributed by atoms with Crippen molar-refractivity contribution in [2.75, 3.05) is 13.2 Å². The molecule has 0 radical (unpaired) electrons. The number of hydrogen-bond acceptors (Lipinski definition) is 3. The molecule has 0 aromatic carbocycles. The third-order valence-electron chi connectivity index (χ3n) is 3.49. The van der Waals surface area contributed by atoms with E-state index < -0.39 is 18.0 Å². The zero-order valence-electron chi connectivity index (χ0n) is 11.8. The topological polar surface area (TPSA) is 87.7 Å². The van der Waals surface area contributed by atoms with E-state index in [0.717, 1.165) is 19.4 Å². The van der Waals surface area contributed by atoms with E-state index in [0.29, 0.717) is 12.5 Å². The van der Waals surface area contributed by atoms with Crippen LogP contribution in [0.2, 0.25) is 0 Å². The van der Waals surface area contributed by atoms with Crippen molar-refractivity contribution in [3.63, 3.8) is 0 Å². The number of nitrogens with one attached hydrogen (secondary N) is 2. The minimum absolute atomic E-state index is 0.151. The molecule has 1 fully saturated rings. The van der Waals surface area contributed by atoms with Crippen molar-refractivity contribution in [1.82, 2.24) is 10.6 Å². The van der Waals surface area contributed by atoms with E-state index in [1.54, 1.807) is 13.8 Å². The normalized spacial score (nSPS) is 24.2. The van der Waals surface area contributed by atoms with Crippen LogP contribution in [0.15, 0.2) is 0 Å². The zero-order chi connectivity index (χ0) is 14.4. The van der Waals surface area contributed by atoms with Gasteiger partial charge in [0.05, 0.1) is 6.10 Å². The first kappa shape index (κ1) is 15.8. The van der Waals surface area contributed by atoms with Crippen molar-refractivity contribution < 1.29 is 19.4 Å². The Labute approximate surface area is 113 Å². The van der Waals surface area contributed by atoms with E-state index in [1.165, 1.54) is 0 Å². The lowest BCUT2D eigenvalue weighted by atomic mass is 10.00. The first-order valence-electron chi connectivity index (χ1n) is 6.84. The maximum absolute atomic E-state index is 11.7. The van der Waals surface area contributed by atoms with Crippen LogP contribution in [0.3, 0.4) is 0 Å². The van der Waals surface area contributed by atoms with E-state index in [4.69, 9.17) is 9.84 Å². The van der Waals surface area contributed by atoms with Crippen molar-refractivity contribution in [1.29, 1.82) is 0 Å². The van der Waals surface area contributed by atoms with Crippen LogP contribution in [0.1, 0.15) is 33.6 Å². The first-order valence-corrected chi connectivity index (χ1v) is 6.84. The Morgan fingerprint density at radius 2 is 2.11 bits per heavy atom. The minimum Gasteiger partial charge on any atom is -0.480 e. The fraction of sp³-hybridized carbons (Fsp3) is 0.846. The summed E-state index contributed by atoms with van der Waals surface area (Å²) >= 11 is 0. The molecule has 0 aromatic rings. The van der Waals surface area contributed by atoms with Gasteiger partial charge in [0.2, 0.25) is 0 Å². The largest absolute Gasteiger partial charge is 0.480 e. The second-order valence-electron chi connectivity index (χ2n) is 5.28. The molecule has 1 aliphatic rings. The standard InChI is InChI=1S/C13H24N2O4/c1-4-10-9(5-6-19-10)7-14-13(18)15-11(8(2)3)12(16)17/h8-11H,4-7H2,1-3H3,(H,16,17)(H2,14,15,18)/t9?,10?,11-/m0/s1. The SMILES string of the molecule is CCC1OCCC1CNC(=O)N[C@H](C(=O)O)C(C)C. The van der Waals surface area contributed by atoms with E-state index >= 15 is 0 Å². The van der Waals surface area contributed by atoms with Gasteiger partial charge in [-0.3, -0.25) is 0 Å². The van der Waals surface area contributed by atoms with Crippen LogP contribution in [0.5, 0.6) is 0 Å². The summed E-state index contributed by atoms with van der Waals surface area (Å²) in [6, 6.07) is -1.29. The van der Waals surface area contributed by atoms with E-state index in [-0.39, 0.29) is 12.0 Å². The molecule has 2 amide bonds. The number of aliphatic carboxylic acids is 1. The highest BCUT2D eigenvalue weighted by Crippen LogP contribution is 2.22. The third kappa shape index (κ3) is 4.70. The smallest absolute Gasteiger partial charge is 0.326 e. The Bertz CT molecular complexity index is 320. The summed E-state index contributed by atoms with van der Waals surface area (Å²) in [5.74, 6) is -0.847. The van der Waals surface area contributed by atoms with Crippen molar-refractivity contribution in [2.45, 2.75) is 45.8 Å². The number of carbonyl (C=O) groups excluding carboxylic acids is 1. The molecule has 0 aliphatic carbocycles. The van der Waals surface area contributed by atoms with Crippen molar-refractivity contribution in [2.24, 2.45) is 11.8 Å². The predicted molar refractivity (Wildman–Crippen MR) is 70.9 cm³/mol. The average Bonchev–Trinajstić information content (AvgIpc) is 2.79. The molecule has 0 aromatic heterocycles. The molecule has 6 nitrogen and oxygen atoms in total. The summed E-state index contributed by atoms with van der Waals surface area (Å²) in [6.45, 7) is 6.83. The van der Waals surface area contributed by atoms with Crippen LogP contribution in [0, 0.1) is 11.8 Å². The van der Waals surface area contributed by atoms with Crippen molar-refractivity contribution in [3.05, 3.63) is 0 Å². The Morgan fingerprint density at radius 1 is 1.42 bits per heavy atom. The Kier molecular flexibility index (Phi) is 6.08. The summed E-state index contributed by atoms with van der Waals surface area (Å²) in [5, 5.41) is 14.2. The molecule has 0 bridgehead atoms. The van der Waals surface area contributed by atoms with Crippen LogP contribution in [-0.2, 0) is 9.53 Å². The van der Waals surface area contributed by atoms with E-state index in [1.807, 2.05) is 0 Å². The molecule has 2 unspecified atom stereocenters. The monoisotopic (exact) mass is 272 g/mol. The molecule has 0 spiro atoms. The molecule has 1 aliphatic heterocycles. The number of rotatable bonds is 6. The van der Waals surface area contributed by atoms with Crippen LogP contribution in [0.25, 0.3) is 0 Å². The van der Waals surface area contributed by atoms with Crippen LogP contribution >= 0.6 is 0 Å². The number of carbonyl (C=O) groups is 2. The molecule has 1 heterocycles. The Hall–Kier alpha value is -1.30. The van der Waals surface area contributed by atoms with Gasteiger partial charge in [0, 0.05) is 19.1 Å². The molecule has 3 N–H and O–H groups in total. The summed E-state index contributed by atoms with van der Waals surface area (Å²) in [4.78, 5) is 22.7. The van der Waals surface area contributed by atoms with Crippen LogP contribution < -0.4 is 10.6 Å². The average molecular weight is 272 g/mol. The molecule has 1 rings (SSSR count). The van der Waals surface area contributed by atoms with E-state index in [2.05, 4.69) is 17.6 Å². The number of ether oxygens (including phenoxy) is 1. The van der Waals surface area contributed by atoms with Gasteiger partial charge in [0.15, 0.2) is 0 Å². The highest BCUT2D eigenvalue weighted by Gasteiger charge is 2.28. The summed E-state index contributed by atoms with van der Waals surface area (Å²) in [7, 11) is 0. The molecule has 19 heavy (non-hydrogen) atoms. The van der Waals surface area contributed by atoms with Crippen molar-refractivity contribution >= 4 is 12.0 Å². The quantitative estimate of drug-likeness (QED) is 0.678. The number of amides is 2.